The molecule has 2 saturated heterocycles. The minimum atomic E-state index is 0.107. The number of hydrogen-bond donors (Lipinski definition) is 1. The molecule has 1 aromatic rings. The summed E-state index contributed by atoms with van der Waals surface area (Å²) >= 11 is 0. The third-order valence-corrected chi connectivity index (χ3v) is 5.53. The maximum atomic E-state index is 12.8. The fraction of sp³-hybridized carbons (Fsp3) is 0.565. The van der Waals surface area contributed by atoms with Crippen LogP contribution in [0.3, 0.4) is 0 Å². The van der Waals surface area contributed by atoms with Crippen molar-refractivity contribution >= 4 is 11.9 Å². The van der Waals surface area contributed by atoms with Gasteiger partial charge in [-0.15, -0.1) is 0 Å². The lowest BCUT2D eigenvalue weighted by atomic mass is 9.95. The summed E-state index contributed by atoms with van der Waals surface area (Å²) in [5.74, 6) is 2.13. The van der Waals surface area contributed by atoms with Crippen molar-refractivity contribution in [1.82, 2.24) is 15.1 Å². The van der Waals surface area contributed by atoms with Crippen LogP contribution in [0.2, 0.25) is 0 Å². The van der Waals surface area contributed by atoms with Crippen molar-refractivity contribution in [3.8, 4) is 5.75 Å². The lowest BCUT2D eigenvalue weighted by molar-refractivity contribution is -0.140. The van der Waals surface area contributed by atoms with Gasteiger partial charge in [-0.05, 0) is 25.8 Å². The van der Waals surface area contributed by atoms with Gasteiger partial charge in [0.25, 0.3) is 0 Å². The molecule has 30 heavy (non-hydrogen) atoms. The number of likely N-dealkylation sites (tertiary alicyclic amines) is 1. The van der Waals surface area contributed by atoms with E-state index < -0.39 is 0 Å². The number of aliphatic imine (C=N–C) groups is 1. The number of morpholine rings is 1. The summed E-state index contributed by atoms with van der Waals surface area (Å²) in [5.41, 5.74) is 1.05. The van der Waals surface area contributed by atoms with Crippen molar-refractivity contribution in [2.24, 2.45) is 10.9 Å². The van der Waals surface area contributed by atoms with Crippen molar-refractivity contribution < 1.29 is 14.3 Å². The van der Waals surface area contributed by atoms with Crippen LogP contribution >= 0.6 is 0 Å². The standard InChI is InChI=1S/C23H34N4O3/c1-3-15-30-21-8-6-5-7-20(21)18-25-23(24-4-2)27-11-9-19(10-12-27)22(28)26-13-16-29-17-14-26/h3,5-8,19H,1,4,9-18H2,2H3,(H,24,25). The van der Waals surface area contributed by atoms with E-state index in [2.05, 4.69) is 23.7 Å². The number of nitrogens with one attached hydrogen (secondary N) is 1. The van der Waals surface area contributed by atoms with Crippen LogP contribution < -0.4 is 10.1 Å². The number of ether oxygens (including phenoxy) is 2. The van der Waals surface area contributed by atoms with E-state index >= 15 is 0 Å². The van der Waals surface area contributed by atoms with Gasteiger partial charge in [0.1, 0.15) is 12.4 Å². The maximum absolute atomic E-state index is 12.8. The number of hydrogen-bond acceptors (Lipinski definition) is 4. The normalized spacial score (nSPS) is 18.2. The zero-order chi connectivity index (χ0) is 21.2. The molecule has 164 valence electrons. The zero-order valence-electron chi connectivity index (χ0n) is 18.0. The number of benzene rings is 1. The van der Waals surface area contributed by atoms with Crippen LogP contribution in [0.1, 0.15) is 25.3 Å². The minimum absolute atomic E-state index is 0.107. The molecule has 0 radical (unpaired) electrons. The molecule has 2 aliphatic rings. The first-order chi connectivity index (χ1) is 14.7. The molecular weight excluding hydrogens is 380 g/mol. The van der Waals surface area contributed by atoms with Gasteiger partial charge in [0, 0.05) is 44.2 Å². The molecule has 0 atom stereocenters. The Kier molecular flexibility index (Phi) is 8.56. The molecule has 1 amide bonds. The number of amides is 1. The van der Waals surface area contributed by atoms with E-state index in [9.17, 15) is 4.79 Å². The average molecular weight is 415 g/mol. The predicted octanol–water partition coefficient (Wildman–Crippen LogP) is 2.29. The highest BCUT2D eigenvalue weighted by Crippen LogP contribution is 2.22. The predicted molar refractivity (Wildman–Crippen MR) is 119 cm³/mol. The van der Waals surface area contributed by atoms with Crippen LogP contribution in [-0.2, 0) is 16.1 Å². The van der Waals surface area contributed by atoms with Gasteiger partial charge in [-0.3, -0.25) is 4.79 Å². The van der Waals surface area contributed by atoms with E-state index in [1.807, 2.05) is 29.2 Å². The van der Waals surface area contributed by atoms with Gasteiger partial charge in [0.05, 0.1) is 19.8 Å². The summed E-state index contributed by atoms with van der Waals surface area (Å²) < 4.78 is 11.1. The van der Waals surface area contributed by atoms with Gasteiger partial charge >= 0.3 is 0 Å². The summed E-state index contributed by atoms with van der Waals surface area (Å²) in [6.07, 6.45) is 3.46. The lowest BCUT2D eigenvalue weighted by Crippen LogP contribution is -2.50. The molecule has 0 aliphatic carbocycles. The first kappa shape index (κ1) is 22.2. The first-order valence-electron chi connectivity index (χ1n) is 10.9. The van der Waals surface area contributed by atoms with Gasteiger partial charge in [0.2, 0.25) is 5.91 Å². The highest BCUT2D eigenvalue weighted by molar-refractivity contribution is 5.82. The topological polar surface area (TPSA) is 66.4 Å². The fourth-order valence-electron chi connectivity index (χ4n) is 3.89. The minimum Gasteiger partial charge on any atom is -0.489 e. The monoisotopic (exact) mass is 414 g/mol. The van der Waals surface area contributed by atoms with Gasteiger partial charge in [-0.2, -0.15) is 0 Å². The van der Waals surface area contributed by atoms with Crippen LogP contribution in [0, 0.1) is 5.92 Å². The smallest absolute Gasteiger partial charge is 0.225 e. The number of rotatable bonds is 7. The van der Waals surface area contributed by atoms with Crippen molar-refractivity contribution in [3.05, 3.63) is 42.5 Å². The van der Waals surface area contributed by atoms with Crippen molar-refractivity contribution in [1.29, 1.82) is 0 Å². The Morgan fingerprint density at radius 3 is 2.67 bits per heavy atom. The Hall–Kier alpha value is -2.54. The zero-order valence-corrected chi connectivity index (χ0v) is 18.0. The molecule has 7 nitrogen and oxygen atoms in total. The molecule has 0 unspecified atom stereocenters. The average Bonchev–Trinajstić information content (AvgIpc) is 2.81. The molecule has 3 rings (SSSR count). The lowest BCUT2D eigenvalue weighted by Gasteiger charge is -2.36. The van der Waals surface area contributed by atoms with E-state index in [0.29, 0.717) is 26.4 Å². The number of carbonyl (C=O) groups is 1. The molecule has 2 heterocycles. The Balaban J connectivity index is 1.59. The van der Waals surface area contributed by atoms with Crippen molar-refractivity contribution in [2.45, 2.75) is 26.3 Å². The largest absolute Gasteiger partial charge is 0.489 e. The number of para-hydroxylation sites is 1. The molecule has 2 fully saturated rings. The highest BCUT2D eigenvalue weighted by Gasteiger charge is 2.30. The van der Waals surface area contributed by atoms with E-state index in [-0.39, 0.29) is 11.8 Å². The number of nitrogens with zero attached hydrogens (tertiary/aromatic N) is 3. The van der Waals surface area contributed by atoms with Crippen LogP contribution in [0.5, 0.6) is 5.75 Å². The SMILES string of the molecule is C=CCOc1ccccc1CN=C(NCC)N1CCC(C(=O)N2CCOCC2)CC1. The third kappa shape index (κ3) is 5.98. The maximum Gasteiger partial charge on any atom is 0.225 e. The second-order valence-electron chi connectivity index (χ2n) is 7.58. The number of carbonyl (C=O) groups excluding carboxylic acids is 1. The molecular formula is C23H34N4O3. The van der Waals surface area contributed by atoms with Gasteiger partial charge in [-0.1, -0.05) is 30.9 Å². The summed E-state index contributed by atoms with van der Waals surface area (Å²) in [7, 11) is 0. The van der Waals surface area contributed by atoms with E-state index in [1.54, 1.807) is 6.08 Å². The molecule has 1 aromatic carbocycles. The number of piperidine rings is 1. The van der Waals surface area contributed by atoms with E-state index in [1.165, 1.54) is 0 Å². The quantitative estimate of drug-likeness (QED) is 0.421. The van der Waals surface area contributed by atoms with E-state index in [0.717, 1.165) is 62.8 Å². The summed E-state index contributed by atoms with van der Waals surface area (Å²) in [5, 5.41) is 3.40. The molecule has 0 bridgehead atoms. The molecule has 1 N–H and O–H groups in total. The molecule has 2 aliphatic heterocycles. The van der Waals surface area contributed by atoms with Crippen LogP contribution in [0.4, 0.5) is 0 Å². The first-order valence-corrected chi connectivity index (χ1v) is 10.9. The third-order valence-electron chi connectivity index (χ3n) is 5.53. The van der Waals surface area contributed by atoms with Gasteiger partial charge in [0.15, 0.2) is 5.96 Å². The second kappa shape index (κ2) is 11.6. The fourth-order valence-corrected chi connectivity index (χ4v) is 3.89. The Morgan fingerprint density at radius 2 is 1.97 bits per heavy atom. The van der Waals surface area contributed by atoms with Crippen LogP contribution in [0.15, 0.2) is 41.9 Å². The van der Waals surface area contributed by atoms with Crippen molar-refractivity contribution in [2.75, 3.05) is 52.5 Å². The van der Waals surface area contributed by atoms with Crippen LogP contribution in [0.25, 0.3) is 0 Å². The highest BCUT2D eigenvalue weighted by atomic mass is 16.5. The Bertz CT molecular complexity index is 723. The number of guanidine groups is 1. The summed E-state index contributed by atoms with van der Waals surface area (Å²) in [4.78, 5) is 21.8. The molecule has 0 aromatic heterocycles. The van der Waals surface area contributed by atoms with Gasteiger partial charge in [-0.25, -0.2) is 4.99 Å². The molecule has 0 saturated carbocycles. The van der Waals surface area contributed by atoms with Gasteiger partial charge < -0.3 is 24.6 Å². The van der Waals surface area contributed by atoms with E-state index in [4.69, 9.17) is 14.5 Å². The summed E-state index contributed by atoms with van der Waals surface area (Å²) in [6, 6.07) is 7.97. The Morgan fingerprint density at radius 1 is 1.23 bits per heavy atom. The van der Waals surface area contributed by atoms with Crippen molar-refractivity contribution in [3.63, 3.8) is 0 Å². The summed E-state index contributed by atoms with van der Waals surface area (Å²) in [6.45, 7) is 12.0. The van der Waals surface area contributed by atoms with Crippen LogP contribution in [-0.4, -0.2) is 74.2 Å². The molecule has 7 heteroatoms. The second-order valence-corrected chi connectivity index (χ2v) is 7.58. The Labute approximate surface area is 179 Å². The molecule has 0 spiro atoms.